The number of ether oxygens (including phenoxy) is 2. The summed E-state index contributed by atoms with van der Waals surface area (Å²) in [6, 6.07) is 43.6. The van der Waals surface area contributed by atoms with Gasteiger partial charge in [0.05, 0.1) is 51.7 Å². The molecule has 2 amide bonds. The fraction of sp³-hybridized carbons (Fsp3) is 0.277. The van der Waals surface area contributed by atoms with Crippen molar-refractivity contribution in [1.29, 1.82) is 0 Å². The van der Waals surface area contributed by atoms with Crippen LogP contribution >= 0.6 is 0 Å². The molecule has 1 aromatic heterocycles. The predicted molar refractivity (Wildman–Crippen MR) is 228 cm³/mol. The number of nitrogens with zero attached hydrogens (tertiary/aromatic N) is 5. The van der Waals surface area contributed by atoms with Crippen molar-refractivity contribution in [2.45, 2.75) is 62.7 Å². The number of aliphatic hydroxyl groups is 1. The number of amides is 2. The SMILES string of the molecule is COc1ccc([Si](C)(C)[C@H]2[C@H](CCn3cc(C(CO)c4ccccc4)nn3)O[C@@]3(C(=O)N(Cc4cccc(N(C=O)c5ccccc5)c4)c4ccccc43)[C@@H]2C)cc1. The Labute approximate surface area is 340 Å². The Morgan fingerprint density at radius 2 is 1.60 bits per heavy atom. The standard InChI is InChI=1S/C47H49N5O5Si/c1-33-45(58(3,4)39-24-22-38(56-2)23-25-39)44(26-27-50-30-42(48-49-50)40(31-53)35-15-7-5-8-16-35)57-47(33)41-20-11-12-21-43(41)51(46(47)55)29-34-14-13-19-37(28-34)52(32-54)36-17-9-6-10-18-36/h5-25,28,30,32-33,40,44-45,53H,26-27,29,31H2,1-4H3/t33-,40?,44+,45-,47+/m1/s1. The molecule has 3 heterocycles. The van der Waals surface area contributed by atoms with Crippen molar-refractivity contribution in [2.75, 3.05) is 23.5 Å². The number of aromatic nitrogens is 3. The van der Waals surface area contributed by atoms with E-state index in [2.05, 4.69) is 42.5 Å². The van der Waals surface area contributed by atoms with Gasteiger partial charge in [0, 0.05) is 35.6 Å². The van der Waals surface area contributed by atoms with Gasteiger partial charge in [0.25, 0.3) is 5.91 Å². The van der Waals surface area contributed by atoms with Gasteiger partial charge in [-0.1, -0.05) is 121 Å². The van der Waals surface area contributed by atoms with E-state index in [1.165, 1.54) is 5.19 Å². The summed E-state index contributed by atoms with van der Waals surface area (Å²) in [5, 5.41) is 20.6. The minimum Gasteiger partial charge on any atom is -0.497 e. The molecule has 1 spiro atoms. The van der Waals surface area contributed by atoms with Gasteiger partial charge in [0.15, 0.2) is 5.60 Å². The van der Waals surface area contributed by atoms with Crippen LogP contribution in [0.5, 0.6) is 5.75 Å². The number of fused-ring (bicyclic) bond motifs is 2. The number of carbonyl (C=O) groups is 2. The van der Waals surface area contributed by atoms with E-state index < -0.39 is 13.7 Å². The summed E-state index contributed by atoms with van der Waals surface area (Å²) < 4.78 is 14.7. The highest BCUT2D eigenvalue weighted by Crippen LogP contribution is 2.60. The van der Waals surface area contributed by atoms with Crippen LogP contribution in [-0.4, -0.2) is 60.3 Å². The number of benzene rings is 5. The zero-order chi connectivity index (χ0) is 40.4. The molecule has 58 heavy (non-hydrogen) atoms. The van der Waals surface area contributed by atoms with Crippen molar-refractivity contribution >= 4 is 42.6 Å². The lowest BCUT2D eigenvalue weighted by Crippen LogP contribution is -2.51. The molecule has 11 heteroatoms. The molecule has 1 N–H and O–H groups in total. The van der Waals surface area contributed by atoms with Gasteiger partial charge in [-0.05, 0) is 65.6 Å². The Kier molecular flexibility index (Phi) is 10.9. The van der Waals surface area contributed by atoms with Gasteiger partial charge in [-0.25, -0.2) is 0 Å². The summed E-state index contributed by atoms with van der Waals surface area (Å²) in [5.74, 6) is 0.272. The topological polar surface area (TPSA) is 110 Å². The van der Waals surface area contributed by atoms with Gasteiger partial charge >= 0.3 is 0 Å². The van der Waals surface area contributed by atoms with E-state index in [1.807, 2.05) is 137 Å². The summed E-state index contributed by atoms with van der Waals surface area (Å²) in [6.45, 7) is 7.71. The summed E-state index contributed by atoms with van der Waals surface area (Å²) in [6.07, 6.45) is 3.07. The van der Waals surface area contributed by atoms with Crippen LogP contribution in [-0.2, 0) is 33.0 Å². The number of aryl methyl sites for hydroxylation is 1. The first-order valence-electron chi connectivity index (χ1n) is 19.9. The molecule has 6 aromatic rings. The Morgan fingerprint density at radius 3 is 2.31 bits per heavy atom. The molecule has 1 unspecified atom stereocenters. The van der Waals surface area contributed by atoms with E-state index in [1.54, 1.807) is 12.0 Å². The fourth-order valence-electron chi connectivity index (χ4n) is 9.44. The van der Waals surface area contributed by atoms with Crippen molar-refractivity contribution in [2.24, 2.45) is 5.92 Å². The molecule has 5 aromatic carbocycles. The van der Waals surface area contributed by atoms with Crippen LogP contribution in [0, 0.1) is 5.92 Å². The number of hydrogen-bond acceptors (Lipinski definition) is 7. The Balaban J connectivity index is 1.13. The minimum absolute atomic E-state index is 0.0469. The van der Waals surface area contributed by atoms with E-state index >= 15 is 4.79 Å². The Hall–Kier alpha value is -5.88. The third kappa shape index (κ3) is 6.93. The average molecular weight is 792 g/mol. The van der Waals surface area contributed by atoms with Crippen LogP contribution in [0.15, 0.2) is 140 Å². The van der Waals surface area contributed by atoms with Crippen LogP contribution in [0.3, 0.4) is 0 Å². The molecule has 0 saturated carbocycles. The second-order valence-corrected chi connectivity index (χ2v) is 20.6. The normalized spacial score (nSPS) is 20.6. The largest absolute Gasteiger partial charge is 0.497 e. The van der Waals surface area contributed by atoms with Gasteiger partial charge < -0.3 is 19.5 Å². The van der Waals surface area contributed by atoms with Crippen molar-refractivity contribution in [3.63, 3.8) is 0 Å². The second kappa shape index (κ2) is 16.2. The molecule has 0 radical (unpaired) electrons. The van der Waals surface area contributed by atoms with Crippen LogP contribution in [0.2, 0.25) is 18.6 Å². The van der Waals surface area contributed by atoms with Crippen LogP contribution < -0.4 is 19.7 Å². The molecule has 2 aliphatic heterocycles. The maximum absolute atomic E-state index is 15.3. The van der Waals surface area contributed by atoms with Crippen molar-refractivity contribution in [3.05, 3.63) is 162 Å². The highest BCUT2D eigenvalue weighted by molar-refractivity contribution is 6.91. The molecule has 296 valence electrons. The number of para-hydroxylation sites is 2. The molecule has 0 bridgehead atoms. The van der Waals surface area contributed by atoms with Gasteiger partial charge in [0.1, 0.15) is 5.75 Å². The van der Waals surface area contributed by atoms with Gasteiger partial charge in [-0.15, -0.1) is 5.10 Å². The van der Waals surface area contributed by atoms with Crippen molar-refractivity contribution in [3.8, 4) is 5.75 Å². The third-order valence-electron chi connectivity index (χ3n) is 12.4. The lowest BCUT2D eigenvalue weighted by atomic mass is 9.82. The molecule has 8 rings (SSSR count). The molecular formula is C47H49N5O5Si. The molecule has 1 fully saturated rings. The number of methoxy groups -OCH3 is 1. The third-order valence-corrected chi connectivity index (χ3v) is 16.7. The maximum Gasteiger partial charge on any atom is 0.264 e. The van der Waals surface area contributed by atoms with Gasteiger partial charge in [-0.3, -0.25) is 19.2 Å². The van der Waals surface area contributed by atoms with E-state index in [0.717, 1.165) is 45.9 Å². The quantitative estimate of drug-likeness (QED) is 0.0897. The summed E-state index contributed by atoms with van der Waals surface area (Å²) in [4.78, 5) is 31.1. The van der Waals surface area contributed by atoms with Crippen LogP contribution in [0.25, 0.3) is 0 Å². The number of carbonyl (C=O) groups excluding carboxylic acids is 2. The molecule has 2 aliphatic rings. The molecule has 1 saturated heterocycles. The second-order valence-electron chi connectivity index (χ2n) is 15.9. The highest BCUT2D eigenvalue weighted by atomic mass is 28.3. The first-order chi connectivity index (χ1) is 28.2. The Bertz CT molecular complexity index is 2370. The Morgan fingerprint density at radius 1 is 0.914 bits per heavy atom. The minimum atomic E-state index is -2.37. The van der Waals surface area contributed by atoms with Crippen molar-refractivity contribution < 1.29 is 24.2 Å². The zero-order valence-corrected chi connectivity index (χ0v) is 34.3. The van der Waals surface area contributed by atoms with E-state index in [0.29, 0.717) is 25.2 Å². The van der Waals surface area contributed by atoms with Crippen LogP contribution in [0.1, 0.15) is 41.6 Å². The first-order valence-corrected chi connectivity index (χ1v) is 23.0. The predicted octanol–water partition coefficient (Wildman–Crippen LogP) is 7.56. The molecule has 0 aliphatic carbocycles. The van der Waals surface area contributed by atoms with E-state index in [-0.39, 0.29) is 36.0 Å². The number of rotatable bonds is 14. The first kappa shape index (κ1) is 39.0. The number of anilines is 3. The van der Waals surface area contributed by atoms with Gasteiger partial charge in [0.2, 0.25) is 6.41 Å². The molecular weight excluding hydrogens is 743 g/mol. The molecule has 10 nitrogen and oxygen atoms in total. The van der Waals surface area contributed by atoms with E-state index in [9.17, 15) is 9.90 Å². The summed E-state index contributed by atoms with van der Waals surface area (Å²) in [5.41, 5.74) is 4.61. The number of hydrogen-bond donors (Lipinski definition) is 1. The van der Waals surface area contributed by atoms with Gasteiger partial charge in [-0.2, -0.15) is 0 Å². The van der Waals surface area contributed by atoms with Crippen LogP contribution in [0.4, 0.5) is 17.1 Å². The molecule has 5 atom stereocenters. The summed E-state index contributed by atoms with van der Waals surface area (Å²) >= 11 is 0. The number of aliphatic hydroxyl groups excluding tert-OH is 1. The summed E-state index contributed by atoms with van der Waals surface area (Å²) in [7, 11) is -0.699. The lowest BCUT2D eigenvalue weighted by Gasteiger charge is -2.37. The monoisotopic (exact) mass is 791 g/mol. The smallest absolute Gasteiger partial charge is 0.264 e. The highest BCUT2D eigenvalue weighted by Gasteiger charge is 2.66. The lowest BCUT2D eigenvalue weighted by molar-refractivity contribution is -0.146. The maximum atomic E-state index is 15.3. The fourth-order valence-corrected chi connectivity index (χ4v) is 13.5. The zero-order valence-electron chi connectivity index (χ0n) is 33.3. The van der Waals surface area contributed by atoms with E-state index in [4.69, 9.17) is 9.47 Å². The average Bonchev–Trinajstić information content (AvgIpc) is 3.92. The van der Waals surface area contributed by atoms with Crippen molar-refractivity contribution in [1.82, 2.24) is 15.0 Å².